The zero-order valence-corrected chi connectivity index (χ0v) is 10.7. The van der Waals surface area contributed by atoms with E-state index >= 15 is 0 Å². The summed E-state index contributed by atoms with van der Waals surface area (Å²) in [6.45, 7) is 1.51. The first-order valence-electron chi connectivity index (χ1n) is 5.58. The summed E-state index contributed by atoms with van der Waals surface area (Å²) in [5, 5.41) is 34.9. The lowest BCUT2D eigenvalue weighted by Crippen LogP contribution is -1.99. The fourth-order valence-corrected chi connectivity index (χ4v) is 1.58. The third kappa shape index (κ3) is 2.98. The molecule has 2 rings (SSSR count). The summed E-state index contributed by atoms with van der Waals surface area (Å²) in [6.07, 6.45) is 1.20. The number of nitriles is 1. The highest BCUT2D eigenvalue weighted by atomic mass is 19.1. The molecule has 0 saturated carbocycles. The van der Waals surface area contributed by atoms with Crippen molar-refractivity contribution in [1.82, 2.24) is 20.6 Å². The average molecular weight is 289 g/mol. The van der Waals surface area contributed by atoms with Crippen LogP contribution in [0.5, 0.6) is 0 Å². The molecule has 1 aromatic carbocycles. The molecule has 0 fully saturated rings. The maximum absolute atomic E-state index is 13.8. The van der Waals surface area contributed by atoms with Gasteiger partial charge in [-0.05, 0) is 17.7 Å². The lowest BCUT2D eigenvalue weighted by Gasteiger charge is -2.07. The molecule has 0 bridgehead atoms. The van der Waals surface area contributed by atoms with Crippen molar-refractivity contribution < 1.29 is 9.31 Å². The number of benzene rings is 1. The van der Waals surface area contributed by atoms with Crippen molar-refractivity contribution in [3.8, 4) is 6.07 Å². The Morgan fingerprint density at radius 3 is 2.90 bits per heavy atom. The molecule has 10 heteroatoms. The Hall–Kier alpha value is -3.35. The highest BCUT2D eigenvalue weighted by molar-refractivity contribution is 5.74. The number of H-pyrrole nitrogens is 1. The number of allylic oxidation sites excluding steroid dienone is 1. The van der Waals surface area contributed by atoms with Gasteiger partial charge in [0, 0.05) is 12.3 Å². The number of nitrogens with zero attached hydrogens (tertiary/aromatic N) is 5. The largest absolute Gasteiger partial charge is 0.358 e. The number of rotatable bonds is 4. The molecule has 0 aliphatic heterocycles. The van der Waals surface area contributed by atoms with E-state index in [2.05, 4.69) is 25.9 Å². The average Bonchev–Trinajstić information content (AvgIpc) is 2.95. The van der Waals surface area contributed by atoms with Crippen LogP contribution in [0.15, 0.2) is 18.3 Å². The van der Waals surface area contributed by atoms with E-state index in [1.165, 1.54) is 19.2 Å². The smallest absolute Gasteiger partial charge is 0.272 e. The molecule has 0 unspecified atom stereocenters. The highest BCUT2D eigenvalue weighted by Gasteiger charge is 2.14. The number of halogens is 1. The SMILES string of the molecule is Cc1cc([N+](=O)[O-])cc(F)c1NC=C(C#N)c1nn[nH]n1. The van der Waals surface area contributed by atoms with E-state index in [9.17, 15) is 14.5 Å². The quantitative estimate of drug-likeness (QED) is 0.495. The van der Waals surface area contributed by atoms with Gasteiger partial charge in [0.15, 0.2) is 5.82 Å². The van der Waals surface area contributed by atoms with Crippen LogP contribution in [-0.4, -0.2) is 25.5 Å². The molecule has 106 valence electrons. The van der Waals surface area contributed by atoms with Gasteiger partial charge in [-0.2, -0.15) is 10.5 Å². The Labute approximate surface area is 117 Å². The third-order valence-corrected chi connectivity index (χ3v) is 2.55. The van der Waals surface area contributed by atoms with Crippen molar-refractivity contribution in [3.05, 3.63) is 45.7 Å². The number of tetrazole rings is 1. The molecule has 2 N–H and O–H groups in total. The maximum atomic E-state index is 13.8. The van der Waals surface area contributed by atoms with Crippen LogP contribution >= 0.6 is 0 Å². The van der Waals surface area contributed by atoms with Crippen LogP contribution < -0.4 is 5.32 Å². The molecule has 0 aliphatic rings. The van der Waals surface area contributed by atoms with E-state index in [0.29, 0.717) is 5.56 Å². The molecule has 21 heavy (non-hydrogen) atoms. The first kappa shape index (κ1) is 14.1. The van der Waals surface area contributed by atoms with E-state index in [0.717, 1.165) is 6.07 Å². The third-order valence-electron chi connectivity index (χ3n) is 2.55. The van der Waals surface area contributed by atoms with E-state index < -0.39 is 10.7 Å². The normalized spacial score (nSPS) is 11.0. The van der Waals surface area contributed by atoms with Crippen molar-refractivity contribution in [2.75, 3.05) is 5.32 Å². The molecule has 0 amide bonds. The first-order valence-corrected chi connectivity index (χ1v) is 5.58. The zero-order valence-electron chi connectivity index (χ0n) is 10.7. The fourth-order valence-electron chi connectivity index (χ4n) is 1.58. The second-order valence-electron chi connectivity index (χ2n) is 3.93. The first-order chi connectivity index (χ1) is 10.0. The topological polar surface area (TPSA) is 133 Å². The number of nitro benzene ring substituents is 1. The molecule has 0 spiro atoms. The van der Waals surface area contributed by atoms with E-state index in [1.807, 2.05) is 6.07 Å². The minimum Gasteiger partial charge on any atom is -0.358 e. The second-order valence-corrected chi connectivity index (χ2v) is 3.93. The lowest BCUT2D eigenvalue weighted by molar-refractivity contribution is -0.385. The predicted molar refractivity (Wildman–Crippen MR) is 69.2 cm³/mol. The van der Waals surface area contributed by atoms with Gasteiger partial charge in [-0.1, -0.05) is 0 Å². The van der Waals surface area contributed by atoms with Gasteiger partial charge in [-0.15, -0.1) is 10.2 Å². The number of hydrogen-bond acceptors (Lipinski definition) is 7. The van der Waals surface area contributed by atoms with Crippen molar-refractivity contribution >= 4 is 16.9 Å². The summed E-state index contributed by atoms with van der Waals surface area (Å²) in [4.78, 5) is 9.94. The van der Waals surface area contributed by atoms with Gasteiger partial charge in [0.05, 0.1) is 16.7 Å². The van der Waals surface area contributed by atoms with Gasteiger partial charge < -0.3 is 5.32 Å². The number of aromatic amines is 1. The van der Waals surface area contributed by atoms with Crippen LogP contribution in [0.25, 0.3) is 5.57 Å². The molecule has 0 aliphatic carbocycles. The van der Waals surface area contributed by atoms with Crippen LogP contribution in [0.3, 0.4) is 0 Å². The van der Waals surface area contributed by atoms with Gasteiger partial charge >= 0.3 is 0 Å². The Morgan fingerprint density at radius 1 is 1.62 bits per heavy atom. The summed E-state index contributed by atoms with van der Waals surface area (Å²) >= 11 is 0. The Morgan fingerprint density at radius 2 is 2.38 bits per heavy atom. The predicted octanol–water partition coefficient (Wildman–Crippen LogP) is 1.53. The maximum Gasteiger partial charge on any atom is 0.272 e. The number of non-ortho nitro benzene ring substituents is 1. The van der Waals surface area contributed by atoms with Gasteiger partial charge in [0.1, 0.15) is 11.6 Å². The van der Waals surface area contributed by atoms with Crippen LogP contribution in [0.2, 0.25) is 0 Å². The number of nitrogens with one attached hydrogen (secondary N) is 2. The standard InChI is InChI=1S/C11H8FN7O2/c1-6-2-8(19(20)21)3-9(12)10(6)14-5-7(4-13)11-15-17-18-16-11/h2-3,5,14H,1H3,(H,15,16,17,18). The van der Waals surface area contributed by atoms with Gasteiger partial charge in [0.25, 0.3) is 5.69 Å². The monoisotopic (exact) mass is 289 g/mol. The fraction of sp³-hybridized carbons (Fsp3) is 0.0909. The molecule has 1 aromatic heterocycles. The minimum absolute atomic E-state index is 0.0249. The molecule has 2 aromatic rings. The van der Waals surface area contributed by atoms with Gasteiger partial charge in [0.2, 0.25) is 5.82 Å². The van der Waals surface area contributed by atoms with Crippen LogP contribution in [0.1, 0.15) is 11.4 Å². The Balaban J connectivity index is 2.32. The summed E-state index contributed by atoms with van der Waals surface area (Å²) in [5.41, 5.74) is 0.0271. The van der Waals surface area contributed by atoms with Crippen molar-refractivity contribution in [2.24, 2.45) is 0 Å². The van der Waals surface area contributed by atoms with Gasteiger partial charge in [-0.3, -0.25) is 10.1 Å². The van der Waals surface area contributed by atoms with Gasteiger partial charge in [-0.25, -0.2) is 4.39 Å². The molecular weight excluding hydrogens is 281 g/mol. The summed E-state index contributed by atoms with van der Waals surface area (Å²) in [5.74, 6) is -0.756. The highest BCUT2D eigenvalue weighted by Crippen LogP contribution is 2.25. The number of aryl methyl sites for hydroxylation is 1. The number of hydrogen-bond donors (Lipinski definition) is 2. The molecule has 0 saturated heterocycles. The van der Waals surface area contributed by atoms with Crippen LogP contribution in [0, 0.1) is 34.2 Å². The summed E-state index contributed by atoms with van der Waals surface area (Å²) < 4.78 is 13.8. The Bertz CT molecular complexity index is 725. The lowest BCUT2D eigenvalue weighted by atomic mass is 10.1. The van der Waals surface area contributed by atoms with E-state index in [4.69, 9.17) is 5.26 Å². The van der Waals surface area contributed by atoms with Crippen molar-refractivity contribution in [2.45, 2.75) is 6.92 Å². The molecule has 0 atom stereocenters. The number of anilines is 1. The van der Waals surface area contributed by atoms with Crippen LogP contribution in [0.4, 0.5) is 15.8 Å². The van der Waals surface area contributed by atoms with E-state index in [1.54, 1.807) is 0 Å². The zero-order chi connectivity index (χ0) is 15.4. The number of nitro groups is 1. The number of aromatic nitrogens is 4. The second kappa shape index (κ2) is 5.74. The van der Waals surface area contributed by atoms with E-state index in [-0.39, 0.29) is 22.8 Å². The summed E-state index contributed by atoms with van der Waals surface area (Å²) in [6, 6.07) is 3.84. The summed E-state index contributed by atoms with van der Waals surface area (Å²) in [7, 11) is 0. The van der Waals surface area contributed by atoms with Crippen molar-refractivity contribution in [3.63, 3.8) is 0 Å². The molecule has 0 radical (unpaired) electrons. The molecular formula is C11H8FN7O2. The van der Waals surface area contributed by atoms with Crippen LogP contribution in [-0.2, 0) is 0 Å². The minimum atomic E-state index is -0.802. The van der Waals surface area contributed by atoms with Crippen molar-refractivity contribution in [1.29, 1.82) is 5.26 Å². The Kier molecular flexibility index (Phi) is 3.85. The molecule has 1 heterocycles. The molecule has 9 nitrogen and oxygen atoms in total.